The number of halogens is 1. The summed E-state index contributed by atoms with van der Waals surface area (Å²) in [5.41, 5.74) is -2.44. The highest BCUT2D eigenvalue weighted by atomic mass is 35.5. The van der Waals surface area contributed by atoms with E-state index in [1.807, 2.05) is 0 Å². The lowest BCUT2D eigenvalue weighted by Crippen LogP contribution is -2.32. The molecule has 0 aromatic heterocycles. The zero-order chi connectivity index (χ0) is 13.4. The summed E-state index contributed by atoms with van der Waals surface area (Å²) in [5, 5.41) is -0.818. The van der Waals surface area contributed by atoms with E-state index in [-0.39, 0.29) is 19.3 Å². The van der Waals surface area contributed by atoms with Crippen LogP contribution in [0.25, 0.3) is 0 Å². The van der Waals surface area contributed by atoms with Gasteiger partial charge in [-0.25, -0.2) is 0 Å². The van der Waals surface area contributed by atoms with Gasteiger partial charge in [0.05, 0.1) is 11.3 Å². The smallest absolute Gasteiger partial charge is 0.324 e. The molecule has 2 unspecified atom stereocenters. The molecule has 1 aliphatic rings. The van der Waals surface area contributed by atoms with Crippen molar-refractivity contribution in [2.45, 2.75) is 30.6 Å². The number of hydrogen-bond acceptors (Lipinski definition) is 3. The van der Waals surface area contributed by atoms with Crippen LogP contribution < -0.4 is 0 Å². The molecule has 0 aromatic rings. The minimum Gasteiger partial charge on any atom is -0.324 e. The van der Waals surface area contributed by atoms with E-state index in [1.54, 1.807) is 0 Å². The van der Waals surface area contributed by atoms with Crippen LogP contribution >= 0.6 is 26.8 Å². The van der Waals surface area contributed by atoms with Crippen molar-refractivity contribution >= 4 is 32.0 Å². The van der Waals surface area contributed by atoms with E-state index in [0.717, 1.165) is 0 Å². The molecule has 1 aliphatic carbocycles. The Bertz CT molecular complexity index is 369. The quantitative estimate of drug-likeness (QED) is 0.444. The lowest BCUT2D eigenvalue weighted by molar-refractivity contribution is -0.115. The maximum absolute atomic E-state index is 11.1. The van der Waals surface area contributed by atoms with Crippen molar-refractivity contribution < 1.29 is 33.5 Å². The summed E-state index contributed by atoms with van der Waals surface area (Å²) in [5.74, 6) is -0.916. The molecule has 0 radical (unpaired) electrons. The largest absolute Gasteiger partial charge is 0.328 e. The van der Waals surface area contributed by atoms with Crippen LogP contribution in [0, 0.1) is 5.92 Å². The van der Waals surface area contributed by atoms with Crippen molar-refractivity contribution in [2.24, 2.45) is 5.92 Å². The van der Waals surface area contributed by atoms with Crippen LogP contribution in [-0.2, 0) is 13.9 Å². The summed E-state index contributed by atoms with van der Waals surface area (Å²) >= 11 is 5.24. The monoisotopic (exact) mass is 306 g/mol. The summed E-state index contributed by atoms with van der Waals surface area (Å²) in [7, 11) is -8.96. The first-order valence-corrected chi connectivity index (χ1v) is 8.55. The van der Waals surface area contributed by atoms with Crippen molar-refractivity contribution in [2.75, 3.05) is 0 Å². The standard InChI is InChI=1S/C7H13ClO7P2/c8-7(9)4-1-5(16(10,11)12)3-6(2-4)17(13,14)15/h4-6H,1-3H2,(H2,10,11,12)(H2,13,14,15). The fourth-order valence-corrected chi connectivity index (χ4v) is 4.46. The van der Waals surface area contributed by atoms with Crippen LogP contribution in [0.3, 0.4) is 0 Å². The Morgan fingerprint density at radius 3 is 1.53 bits per heavy atom. The molecule has 10 heteroatoms. The van der Waals surface area contributed by atoms with Crippen molar-refractivity contribution in [3.05, 3.63) is 0 Å². The van der Waals surface area contributed by atoms with E-state index >= 15 is 0 Å². The van der Waals surface area contributed by atoms with Crippen LogP contribution in [0.15, 0.2) is 0 Å². The third-order valence-electron chi connectivity index (χ3n) is 2.93. The lowest BCUT2D eigenvalue weighted by Gasteiger charge is -2.33. The topological polar surface area (TPSA) is 132 Å². The van der Waals surface area contributed by atoms with Crippen LogP contribution in [0.1, 0.15) is 19.3 Å². The number of carbonyl (C=O) groups is 1. The Labute approximate surface area is 102 Å². The minimum atomic E-state index is -4.48. The van der Waals surface area contributed by atoms with Gasteiger partial charge in [0.15, 0.2) is 0 Å². The van der Waals surface area contributed by atoms with Crippen molar-refractivity contribution in [3.63, 3.8) is 0 Å². The Morgan fingerprint density at radius 1 is 0.941 bits per heavy atom. The summed E-state index contributed by atoms with van der Waals surface area (Å²) < 4.78 is 22.2. The molecule has 0 heterocycles. The van der Waals surface area contributed by atoms with Gasteiger partial charge in [-0.05, 0) is 30.9 Å². The zero-order valence-electron chi connectivity index (χ0n) is 8.64. The predicted molar refractivity (Wildman–Crippen MR) is 59.9 cm³/mol. The highest BCUT2D eigenvalue weighted by molar-refractivity contribution is 7.53. The van der Waals surface area contributed by atoms with Gasteiger partial charge in [0.1, 0.15) is 0 Å². The Morgan fingerprint density at radius 2 is 1.29 bits per heavy atom. The van der Waals surface area contributed by atoms with Crippen molar-refractivity contribution in [3.8, 4) is 0 Å². The second kappa shape index (κ2) is 5.10. The summed E-state index contributed by atoms with van der Waals surface area (Å²) in [6.45, 7) is 0. The fourth-order valence-electron chi connectivity index (χ4n) is 1.99. The number of rotatable bonds is 3. The molecule has 0 aromatic carbocycles. The van der Waals surface area contributed by atoms with E-state index in [0.29, 0.717) is 0 Å². The van der Waals surface area contributed by atoms with Crippen molar-refractivity contribution in [1.82, 2.24) is 0 Å². The van der Waals surface area contributed by atoms with Gasteiger partial charge >= 0.3 is 15.2 Å². The van der Waals surface area contributed by atoms with Gasteiger partial charge in [-0.15, -0.1) is 0 Å². The first-order valence-electron chi connectivity index (χ1n) is 4.81. The van der Waals surface area contributed by atoms with Crippen LogP contribution in [0.5, 0.6) is 0 Å². The highest BCUT2D eigenvalue weighted by Gasteiger charge is 2.45. The molecule has 17 heavy (non-hydrogen) atoms. The molecular formula is C7H13ClO7P2. The highest BCUT2D eigenvalue weighted by Crippen LogP contribution is 2.57. The van der Waals surface area contributed by atoms with Crippen LogP contribution in [0.2, 0.25) is 0 Å². The van der Waals surface area contributed by atoms with Gasteiger partial charge in [-0.3, -0.25) is 13.9 Å². The van der Waals surface area contributed by atoms with Gasteiger partial charge in [-0.1, -0.05) is 0 Å². The van der Waals surface area contributed by atoms with E-state index in [9.17, 15) is 13.9 Å². The Balaban J connectivity index is 2.96. The summed E-state index contributed by atoms with van der Waals surface area (Å²) in [4.78, 5) is 47.1. The van der Waals surface area contributed by atoms with Gasteiger partial charge < -0.3 is 19.6 Å². The molecular weight excluding hydrogens is 293 g/mol. The minimum absolute atomic E-state index is 0.136. The average Bonchev–Trinajstić information content (AvgIpc) is 2.14. The van der Waals surface area contributed by atoms with Crippen LogP contribution in [0.4, 0.5) is 0 Å². The maximum Gasteiger partial charge on any atom is 0.328 e. The molecule has 0 aliphatic heterocycles. The molecule has 2 atom stereocenters. The SMILES string of the molecule is O=C(Cl)C1CC(P(=O)(O)O)CC(P(=O)(O)O)C1. The van der Waals surface area contributed by atoms with Crippen LogP contribution in [-0.4, -0.2) is 36.1 Å². The molecule has 0 amide bonds. The van der Waals surface area contributed by atoms with Gasteiger partial charge in [-0.2, -0.15) is 0 Å². The van der Waals surface area contributed by atoms with E-state index < -0.39 is 37.7 Å². The predicted octanol–water partition coefficient (Wildman–Crippen LogP) is 0.644. The third-order valence-corrected chi connectivity index (χ3v) is 5.98. The summed E-state index contributed by atoms with van der Waals surface area (Å²) in [6, 6.07) is 0. The first-order chi connectivity index (χ1) is 7.51. The second-order valence-corrected chi connectivity index (χ2v) is 8.38. The Kier molecular flexibility index (Phi) is 4.59. The normalized spacial score (nSPS) is 31.2. The second-order valence-electron chi connectivity index (χ2n) is 4.19. The molecule has 100 valence electrons. The molecule has 0 saturated heterocycles. The number of hydrogen-bond donors (Lipinski definition) is 4. The summed E-state index contributed by atoms with van der Waals surface area (Å²) in [6.07, 6.45) is -0.568. The molecule has 0 spiro atoms. The van der Waals surface area contributed by atoms with Crippen molar-refractivity contribution in [1.29, 1.82) is 0 Å². The molecule has 4 N–H and O–H groups in total. The lowest BCUT2D eigenvalue weighted by atomic mass is 9.89. The molecule has 1 saturated carbocycles. The van der Waals surface area contributed by atoms with E-state index in [2.05, 4.69) is 0 Å². The third kappa shape index (κ3) is 4.14. The van der Waals surface area contributed by atoms with E-state index in [1.165, 1.54) is 0 Å². The molecule has 1 fully saturated rings. The average molecular weight is 307 g/mol. The van der Waals surface area contributed by atoms with Gasteiger partial charge in [0.2, 0.25) is 5.24 Å². The first kappa shape index (κ1) is 15.3. The molecule has 1 rings (SSSR count). The molecule has 0 bridgehead atoms. The van der Waals surface area contributed by atoms with Gasteiger partial charge in [0, 0.05) is 5.92 Å². The zero-order valence-corrected chi connectivity index (χ0v) is 11.2. The maximum atomic E-state index is 11.1. The Hall–Kier alpha value is 0.260. The fraction of sp³-hybridized carbons (Fsp3) is 0.857. The van der Waals surface area contributed by atoms with E-state index in [4.69, 9.17) is 31.2 Å². The molecule has 7 nitrogen and oxygen atoms in total. The number of carbonyl (C=O) groups excluding carboxylic acids is 1. The van der Waals surface area contributed by atoms with Gasteiger partial charge in [0.25, 0.3) is 0 Å².